The van der Waals surface area contributed by atoms with Crippen LogP contribution < -0.4 is 5.63 Å². The van der Waals surface area contributed by atoms with Crippen molar-refractivity contribution in [1.29, 1.82) is 0 Å². The van der Waals surface area contributed by atoms with E-state index < -0.39 is 17.7 Å². The molecule has 1 unspecified atom stereocenters. The molecule has 0 N–H and O–H groups in total. The number of cyclic esters (lactones) is 1. The van der Waals surface area contributed by atoms with Crippen molar-refractivity contribution in [1.82, 2.24) is 0 Å². The van der Waals surface area contributed by atoms with Gasteiger partial charge in [0, 0.05) is 16.5 Å². The first-order chi connectivity index (χ1) is 13.2. The van der Waals surface area contributed by atoms with Crippen LogP contribution in [0.2, 0.25) is 0 Å². The number of hydrogen-bond donors (Lipinski definition) is 0. The predicted molar refractivity (Wildman–Crippen MR) is 102 cm³/mol. The van der Waals surface area contributed by atoms with E-state index in [1.54, 1.807) is 18.2 Å². The van der Waals surface area contributed by atoms with Crippen molar-refractivity contribution in [3.63, 3.8) is 0 Å². The van der Waals surface area contributed by atoms with Crippen molar-refractivity contribution in [2.45, 2.75) is 6.10 Å². The SMILES string of the molecule is O=C1OC(c2c(-c3ccccc3)c3ccccc3oc2=O)c2ccccc21. The monoisotopic (exact) mass is 354 g/mol. The number of carbonyl (C=O) groups excluding carboxylic acids is 1. The van der Waals surface area contributed by atoms with Crippen molar-refractivity contribution < 1.29 is 13.9 Å². The molecule has 0 aliphatic carbocycles. The Bertz CT molecular complexity index is 1240. The van der Waals surface area contributed by atoms with Crippen LogP contribution in [0, 0.1) is 0 Å². The smallest absolute Gasteiger partial charge is 0.344 e. The zero-order valence-electron chi connectivity index (χ0n) is 14.2. The van der Waals surface area contributed by atoms with Crippen LogP contribution in [0.15, 0.2) is 88.1 Å². The van der Waals surface area contributed by atoms with Gasteiger partial charge in [0.15, 0.2) is 6.10 Å². The Morgan fingerprint density at radius 1 is 0.741 bits per heavy atom. The van der Waals surface area contributed by atoms with Gasteiger partial charge in [0.2, 0.25) is 0 Å². The van der Waals surface area contributed by atoms with Gasteiger partial charge < -0.3 is 9.15 Å². The molecule has 4 nitrogen and oxygen atoms in total. The third-order valence-electron chi connectivity index (χ3n) is 4.86. The molecule has 0 radical (unpaired) electrons. The van der Waals surface area contributed by atoms with Gasteiger partial charge in [0.05, 0.1) is 11.1 Å². The van der Waals surface area contributed by atoms with E-state index in [1.165, 1.54) is 0 Å². The number of para-hydroxylation sites is 1. The second kappa shape index (κ2) is 5.95. The summed E-state index contributed by atoms with van der Waals surface area (Å²) in [5.74, 6) is -0.429. The molecule has 0 bridgehead atoms. The lowest BCUT2D eigenvalue weighted by atomic mass is 9.91. The van der Waals surface area contributed by atoms with Crippen LogP contribution in [0.5, 0.6) is 0 Å². The van der Waals surface area contributed by atoms with Crippen molar-refractivity contribution in [2.24, 2.45) is 0 Å². The van der Waals surface area contributed by atoms with E-state index in [0.29, 0.717) is 22.3 Å². The third-order valence-corrected chi connectivity index (χ3v) is 4.86. The van der Waals surface area contributed by atoms with Gasteiger partial charge in [-0.05, 0) is 17.7 Å². The minimum absolute atomic E-state index is 0.346. The predicted octanol–water partition coefficient (Wildman–Crippen LogP) is 4.72. The van der Waals surface area contributed by atoms with Gasteiger partial charge in [-0.2, -0.15) is 0 Å². The van der Waals surface area contributed by atoms with Gasteiger partial charge in [0.25, 0.3) is 0 Å². The summed E-state index contributed by atoms with van der Waals surface area (Å²) in [5, 5.41) is 0.804. The highest BCUT2D eigenvalue weighted by atomic mass is 16.5. The molecule has 4 heteroatoms. The molecule has 0 saturated carbocycles. The molecule has 0 amide bonds. The molecule has 0 fully saturated rings. The molecule has 1 aliphatic heterocycles. The van der Waals surface area contributed by atoms with E-state index in [9.17, 15) is 9.59 Å². The Morgan fingerprint density at radius 3 is 2.30 bits per heavy atom. The quantitative estimate of drug-likeness (QED) is 0.386. The molecule has 130 valence electrons. The largest absolute Gasteiger partial charge is 0.449 e. The summed E-state index contributed by atoms with van der Waals surface area (Å²) in [6.07, 6.45) is -0.787. The summed E-state index contributed by atoms with van der Waals surface area (Å²) in [5.41, 5.74) is 3.12. The van der Waals surface area contributed by atoms with Gasteiger partial charge in [-0.25, -0.2) is 9.59 Å². The molecule has 1 aromatic heterocycles. The lowest BCUT2D eigenvalue weighted by molar-refractivity contribution is 0.0452. The molecule has 4 aromatic rings. The highest BCUT2D eigenvalue weighted by molar-refractivity contribution is 5.98. The second-order valence-corrected chi connectivity index (χ2v) is 6.41. The fourth-order valence-corrected chi connectivity index (χ4v) is 3.68. The minimum atomic E-state index is -0.787. The maximum Gasteiger partial charge on any atom is 0.344 e. The van der Waals surface area contributed by atoms with Gasteiger partial charge >= 0.3 is 11.6 Å². The van der Waals surface area contributed by atoms with E-state index >= 15 is 0 Å². The van der Waals surface area contributed by atoms with Gasteiger partial charge in [-0.1, -0.05) is 66.7 Å². The van der Waals surface area contributed by atoms with E-state index in [2.05, 4.69) is 0 Å². The molecule has 0 saturated heterocycles. The van der Waals surface area contributed by atoms with Crippen molar-refractivity contribution in [3.05, 3.63) is 106 Å². The molecule has 2 heterocycles. The Hall–Kier alpha value is -3.66. The fourth-order valence-electron chi connectivity index (χ4n) is 3.68. The number of fused-ring (bicyclic) bond motifs is 2. The molecular formula is C23H14O4. The van der Waals surface area contributed by atoms with Crippen molar-refractivity contribution in [2.75, 3.05) is 0 Å². The van der Waals surface area contributed by atoms with Crippen LogP contribution >= 0.6 is 0 Å². The number of rotatable bonds is 2. The molecule has 1 atom stereocenters. The van der Waals surface area contributed by atoms with Crippen LogP contribution in [-0.2, 0) is 4.74 Å². The summed E-state index contributed by atoms with van der Waals surface area (Å²) in [6.45, 7) is 0. The number of ether oxygens (including phenoxy) is 1. The molecule has 0 spiro atoms. The number of hydrogen-bond acceptors (Lipinski definition) is 4. The van der Waals surface area contributed by atoms with Crippen LogP contribution in [-0.4, -0.2) is 5.97 Å². The van der Waals surface area contributed by atoms with E-state index in [0.717, 1.165) is 16.5 Å². The zero-order chi connectivity index (χ0) is 18.4. The third kappa shape index (κ3) is 2.38. The normalized spacial score (nSPS) is 15.6. The maximum absolute atomic E-state index is 13.0. The Labute approximate surface area is 154 Å². The number of esters is 1. The van der Waals surface area contributed by atoms with E-state index in [-0.39, 0.29) is 0 Å². The van der Waals surface area contributed by atoms with Crippen LogP contribution in [0.3, 0.4) is 0 Å². The van der Waals surface area contributed by atoms with Crippen molar-refractivity contribution in [3.8, 4) is 11.1 Å². The molecular weight excluding hydrogens is 340 g/mol. The summed E-state index contributed by atoms with van der Waals surface area (Å²) >= 11 is 0. The van der Waals surface area contributed by atoms with Gasteiger partial charge in [-0.15, -0.1) is 0 Å². The Balaban J connectivity index is 1.88. The second-order valence-electron chi connectivity index (χ2n) is 6.41. The van der Waals surface area contributed by atoms with E-state index in [4.69, 9.17) is 9.15 Å². The first-order valence-electron chi connectivity index (χ1n) is 8.65. The lowest BCUT2D eigenvalue weighted by Crippen LogP contribution is -2.16. The number of benzene rings is 3. The lowest BCUT2D eigenvalue weighted by Gasteiger charge is -2.16. The molecule has 3 aromatic carbocycles. The standard InChI is InChI=1S/C23H14O4/c24-22-16-11-5-4-10-15(16)21(27-22)20-19(14-8-2-1-3-9-14)17-12-6-7-13-18(17)26-23(20)25/h1-13,21H. The zero-order valence-corrected chi connectivity index (χ0v) is 14.2. The Morgan fingerprint density at radius 2 is 1.44 bits per heavy atom. The highest BCUT2D eigenvalue weighted by Crippen LogP contribution is 2.41. The van der Waals surface area contributed by atoms with Crippen LogP contribution in [0.1, 0.15) is 27.6 Å². The summed E-state index contributed by atoms with van der Waals surface area (Å²) in [4.78, 5) is 25.3. The molecule has 27 heavy (non-hydrogen) atoms. The molecule has 5 rings (SSSR count). The van der Waals surface area contributed by atoms with E-state index in [1.807, 2.05) is 60.7 Å². The minimum Gasteiger partial charge on any atom is -0.449 e. The first kappa shape index (κ1) is 15.6. The maximum atomic E-state index is 13.0. The fraction of sp³-hybridized carbons (Fsp3) is 0.0435. The first-order valence-corrected chi connectivity index (χ1v) is 8.65. The van der Waals surface area contributed by atoms with Gasteiger partial charge in [-0.3, -0.25) is 0 Å². The average molecular weight is 354 g/mol. The number of carbonyl (C=O) groups is 1. The van der Waals surface area contributed by atoms with Crippen molar-refractivity contribution >= 4 is 16.9 Å². The Kier molecular flexibility index (Phi) is 3.44. The summed E-state index contributed by atoms with van der Waals surface area (Å²) < 4.78 is 11.2. The van der Waals surface area contributed by atoms with Crippen LogP contribution in [0.25, 0.3) is 22.1 Å². The topological polar surface area (TPSA) is 56.5 Å². The average Bonchev–Trinajstić information content (AvgIpc) is 3.04. The van der Waals surface area contributed by atoms with Gasteiger partial charge in [0.1, 0.15) is 5.58 Å². The highest BCUT2D eigenvalue weighted by Gasteiger charge is 2.36. The summed E-state index contributed by atoms with van der Waals surface area (Å²) in [7, 11) is 0. The van der Waals surface area contributed by atoms with Crippen LogP contribution in [0.4, 0.5) is 0 Å². The molecule has 1 aliphatic rings. The summed E-state index contributed by atoms with van der Waals surface area (Å²) in [6, 6.07) is 24.2.